The predicted octanol–water partition coefficient (Wildman–Crippen LogP) is 3.20. The fourth-order valence-electron chi connectivity index (χ4n) is 2.50. The second kappa shape index (κ2) is 6.60. The van der Waals surface area contributed by atoms with Crippen LogP contribution in [0.15, 0.2) is 59.2 Å². The molecule has 0 saturated heterocycles. The van der Waals surface area contributed by atoms with E-state index in [1.165, 1.54) is 17.1 Å². The second-order valence-corrected chi connectivity index (χ2v) is 5.49. The molecule has 6 nitrogen and oxygen atoms in total. The number of carboxylic acid groups (broad SMARTS) is 1. The van der Waals surface area contributed by atoms with Crippen LogP contribution in [0.2, 0.25) is 0 Å². The van der Waals surface area contributed by atoms with Gasteiger partial charge >= 0.3 is 5.97 Å². The molecular formula is C19H16N2O4. The lowest BCUT2D eigenvalue weighted by molar-refractivity contribution is -0.114. The Hall–Kier alpha value is -3.41. The highest BCUT2D eigenvalue weighted by atomic mass is 16.5. The lowest BCUT2D eigenvalue weighted by Crippen LogP contribution is -2.21. The summed E-state index contributed by atoms with van der Waals surface area (Å²) in [6, 6.07) is 13.4. The van der Waals surface area contributed by atoms with E-state index in [-0.39, 0.29) is 11.5 Å². The molecule has 0 radical (unpaired) electrons. The van der Waals surface area contributed by atoms with Gasteiger partial charge in [-0.25, -0.2) is 4.79 Å². The summed E-state index contributed by atoms with van der Waals surface area (Å²) in [7, 11) is 1.59. The highest BCUT2D eigenvalue weighted by Gasteiger charge is 2.29. The normalized spacial score (nSPS) is 15.4. The molecule has 0 aliphatic carbocycles. The number of aromatic carboxylic acids is 1. The molecule has 0 fully saturated rings. The molecule has 1 heterocycles. The van der Waals surface area contributed by atoms with Crippen LogP contribution in [0, 0.1) is 0 Å². The molecule has 25 heavy (non-hydrogen) atoms. The third-order valence-electron chi connectivity index (χ3n) is 3.83. The van der Waals surface area contributed by atoms with Crippen LogP contribution in [-0.2, 0) is 4.79 Å². The molecule has 0 spiro atoms. The maximum atomic E-state index is 12.7. The molecule has 1 N–H and O–H groups in total. The summed E-state index contributed by atoms with van der Waals surface area (Å²) in [5.74, 6) is -0.614. The van der Waals surface area contributed by atoms with Crippen LogP contribution >= 0.6 is 0 Å². The summed E-state index contributed by atoms with van der Waals surface area (Å²) >= 11 is 0. The van der Waals surface area contributed by atoms with Crippen LogP contribution in [0.3, 0.4) is 0 Å². The maximum absolute atomic E-state index is 12.7. The van der Waals surface area contributed by atoms with E-state index in [9.17, 15) is 9.59 Å². The lowest BCUT2D eigenvalue weighted by atomic mass is 10.1. The van der Waals surface area contributed by atoms with E-state index in [4.69, 9.17) is 9.84 Å². The van der Waals surface area contributed by atoms with E-state index >= 15 is 0 Å². The zero-order valence-corrected chi connectivity index (χ0v) is 13.8. The first-order chi connectivity index (χ1) is 12.0. The van der Waals surface area contributed by atoms with E-state index < -0.39 is 5.97 Å². The summed E-state index contributed by atoms with van der Waals surface area (Å²) in [6.07, 6.45) is 1.75. The van der Waals surface area contributed by atoms with Crippen LogP contribution in [0.5, 0.6) is 5.75 Å². The van der Waals surface area contributed by atoms with Crippen molar-refractivity contribution < 1.29 is 19.4 Å². The molecule has 0 bridgehead atoms. The van der Waals surface area contributed by atoms with Crippen LogP contribution < -0.4 is 9.75 Å². The Morgan fingerprint density at radius 1 is 1.20 bits per heavy atom. The number of nitrogens with zero attached hydrogens (tertiary/aromatic N) is 2. The van der Waals surface area contributed by atoms with Gasteiger partial charge in [0.05, 0.1) is 29.6 Å². The number of rotatable bonds is 4. The monoisotopic (exact) mass is 336 g/mol. The Kier molecular flexibility index (Phi) is 4.35. The number of carbonyl (C=O) groups is 2. The first-order valence-electron chi connectivity index (χ1n) is 7.59. The van der Waals surface area contributed by atoms with Crippen molar-refractivity contribution in [3.63, 3.8) is 0 Å². The number of amides is 1. The molecule has 1 amide bonds. The van der Waals surface area contributed by atoms with E-state index in [2.05, 4.69) is 5.10 Å². The fraction of sp³-hybridized carbons (Fsp3) is 0.105. The molecule has 0 saturated carbocycles. The van der Waals surface area contributed by atoms with Crippen LogP contribution in [0.1, 0.15) is 22.8 Å². The third-order valence-corrected chi connectivity index (χ3v) is 3.83. The van der Waals surface area contributed by atoms with Crippen molar-refractivity contribution in [3.8, 4) is 5.75 Å². The minimum absolute atomic E-state index is 0.103. The molecule has 2 aromatic carbocycles. The fourth-order valence-corrected chi connectivity index (χ4v) is 2.50. The zero-order chi connectivity index (χ0) is 18.0. The number of anilines is 1. The third kappa shape index (κ3) is 3.28. The van der Waals surface area contributed by atoms with Gasteiger partial charge in [-0.15, -0.1) is 0 Å². The SMILES string of the molecule is COc1ccc(C=C2C(=O)N(c3cccc(C(=O)O)c3)N=C2C)cc1. The molecule has 1 aliphatic heterocycles. The minimum Gasteiger partial charge on any atom is -0.497 e. The Morgan fingerprint density at radius 3 is 2.56 bits per heavy atom. The molecule has 3 rings (SSSR count). The van der Waals surface area contributed by atoms with Crippen LogP contribution in [0.4, 0.5) is 5.69 Å². The van der Waals surface area contributed by atoms with Gasteiger partial charge in [0.25, 0.3) is 5.91 Å². The topological polar surface area (TPSA) is 79.2 Å². The van der Waals surface area contributed by atoms with Crippen molar-refractivity contribution >= 4 is 29.4 Å². The van der Waals surface area contributed by atoms with Gasteiger partial charge in [0, 0.05) is 0 Å². The second-order valence-electron chi connectivity index (χ2n) is 5.49. The van der Waals surface area contributed by atoms with Gasteiger partial charge in [-0.05, 0) is 48.9 Å². The lowest BCUT2D eigenvalue weighted by Gasteiger charge is -2.12. The molecule has 2 aromatic rings. The Morgan fingerprint density at radius 2 is 1.92 bits per heavy atom. The highest BCUT2D eigenvalue weighted by molar-refractivity contribution is 6.32. The molecule has 1 aliphatic rings. The Labute approximate surface area is 144 Å². The predicted molar refractivity (Wildman–Crippen MR) is 95.0 cm³/mol. The van der Waals surface area contributed by atoms with Gasteiger partial charge in [0.1, 0.15) is 5.75 Å². The molecule has 6 heteroatoms. The number of hydrogen-bond donors (Lipinski definition) is 1. The highest BCUT2D eigenvalue weighted by Crippen LogP contribution is 2.26. The van der Waals surface area contributed by atoms with Gasteiger partial charge in [0.2, 0.25) is 0 Å². The van der Waals surface area contributed by atoms with E-state index in [0.717, 1.165) is 11.3 Å². The molecule has 126 valence electrons. The van der Waals surface area contributed by atoms with Gasteiger partial charge in [-0.3, -0.25) is 4.79 Å². The quantitative estimate of drug-likeness (QED) is 0.870. The number of benzene rings is 2. The largest absolute Gasteiger partial charge is 0.497 e. The standard InChI is InChI=1S/C19H16N2O4/c1-12-17(10-13-6-8-16(25-2)9-7-13)18(22)21(20-12)15-5-3-4-14(11-15)19(23)24/h3-11H,1-2H3,(H,23,24). The summed E-state index contributed by atoms with van der Waals surface area (Å²) in [5.41, 5.74) is 2.40. The Bertz CT molecular complexity index is 898. The van der Waals surface area contributed by atoms with Crippen molar-refractivity contribution in [1.82, 2.24) is 0 Å². The summed E-state index contributed by atoms with van der Waals surface area (Å²) in [5, 5.41) is 14.6. The van der Waals surface area contributed by atoms with E-state index in [1.54, 1.807) is 32.2 Å². The van der Waals surface area contributed by atoms with Gasteiger partial charge in [-0.2, -0.15) is 10.1 Å². The van der Waals surface area contributed by atoms with Crippen LogP contribution in [-0.4, -0.2) is 29.8 Å². The van der Waals surface area contributed by atoms with Crippen molar-refractivity contribution in [2.45, 2.75) is 6.92 Å². The van der Waals surface area contributed by atoms with Crippen molar-refractivity contribution in [2.24, 2.45) is 5.10 Å². The van der Waals surface area contributed by atoms with Gasteiger partial charge in [-0.1, -0.05) is 18.2 Å². The van der Waals surface area contributed by atoms with Gasteiger partial charge in [0.15, 0.2) is 0 Å². The molecule has 0 atom stereocenters. The minimum atomic E-state index is -1.05. The Balaban J connectivity index is 1.91. The number of ether oxygens (including phenoxy) is 1. The number of methoxy groups -OCH3 is 1. The average Bonchev–Trinajstić information content (AvgIpc) is 2.90. The smallest absolute Gasteiger partial charge is 0.335 e. The number of hydrazone groups is 1. The van der Waals surface area contributed by atoms with Crippen molar-refractivity contribution in [1.29, 1.82) is 0 Å². The first kappa shape index (κ1) is 16.4. The number of carboxylic acids is 1. The van der Waals surface area contributed by atoms with Gasteiger partial charge < -0.3 is 9.84 Å². The van der Waals surface area contributed by atoms with E-state index in [1.807, 2.05) is 24.3 Å². The summed E-state index contributed by atoms with van der Waals surface area (Å²) in [4.78, 5) is 23.8. The van der Waals surface area contributed by atoms with Crippen LogP contribution in [0.25, 0.3) is 6.08 Å². The van der Waals surface area contributed by atoms with Crippen molar-refractivity contribution in [3.05, 3.63) is 65.2 Å². The molecule has 0 unspecified atom stereocenters. The summed E-state index contributed by atoms with van der Waals surface area (Å²) < 4.78 is 5.12. The number of carbonyl (C=O) groups excluding carboxylic acids is 1. The summed E-state index contributed by atoms with van der Waals surface area (Å²) in [6.45, 7) is 1.74. The zero-order valence-electron chi connectivity index (χ0n) is 13.8. The molecular weight excluding hydrogens is 320 g/mol. The maximum Gasteiger partial charge on any atom is 0.335 e. The first-order valence-corrected chi connectivity index (χ1v) is 7.59. The number of hydrogen-bond acceptors (Lipinski definition) is 4. The van der Waals surface area contributed by atoms with E-state index in [0.29, 0.717) is 17.0 Å². The van der Waals surface area contributed by atoms with Crippen molar-refractivity contribution in [2.75, 3.05) is 12.1 Å². The average molecular weight is 336 g/mol. The molecule has 0 aromatic heterocycles.